The van der Waals surface area contributed by atoms with Crippen molar-refractivity contribution in [3.8, 4) is 0 Å². The largest absolute Gasteiger partial charge is 0.378 e. The quantitative estimate of drug-likeness (QED) is 0.690. The normalized spacial score (nSPS) is 31.7. The molecule has 0 aromatic heterocycles. The van der Waals surface area contributed by atoms with Crippen molar-refractivity contribution in [2.45, 2.75) is 12.1 Å². The predicted octanol–water partition coefficient (Wildman–Crippen LogP) is 0.0540. The first-order chi connectivity index (χ1) is 8.27. The van der Waals surface area contributed by atoms with Gasteiger partial charge in [0.1, 0.15) is 0 Å². The van der Waals surface area contributed by atoms with Crippen LogP contribution in [0, 0.1) is 11.8 Å². The number of benzene rings is 1. The zero-order valence-corrected chi connectivity index (χ0v) is 9.47. The summed E-state index contributed by atoms with van der Waals surface area (Å²) >= 11 is 0. The second-order valence-corrected chi connectivity index (χ2v) is 4.83. The number of aliphatic hydroxyl groups excluding tert-OH is 1. The Balaban J connectivity index is 1.60. The van der Waals surface area contributed by atoms with Crippen LogP contribution >= 0.6 is 0 Å². The second-order valence-electron chi connectivity index (χ2n) is 4.83. The second kappa shape index (κ2) is 4.13. The molecule has 3 N–H and O–H groups in total. The molecule has 4 atom stereocenters. The molecule has 1 saturated heterocycles. The van der Waals surface area contributed by atoms with E-state index in [9.17, 15) is 9.90 Å². The van der Waals surface area contributed by atoms with Gasteiger partial charge in [0, 0.05) is 19.1 Å². The summed E-state index contributed by atoms with van der Waals surface area (Å²) in [6.45, 7) is 1.97. The summed E-state index contributed by atoms with van der Waals surface area (Å²) in [6.07, 6.45) is -1.05. The van der Waals surface area contributed by atoms with Gasteiger partial charge in [0.05, 0.1) is 0 Å². The summed E-state index contributed by atoms with van der Waals surface area (Å²) in [5, 5.41) is 16.1. The molecule has 0 radical (unpaired) electrons. The van der Waals surface area contributed by atoms with Crippen LogP contribution in [0.2, 0.25) is 0 Å². The van der Waals surface area contributed by atoms with Crippen molar-refractivity contribution in [1.82, 2.24) is 10.6 Å². The van der Waals surface area contributed by atoms with Crippen LogP contribution in [-0.4, -0.2) is 30.1 Å². The molecule has 1 aromatic rings. The molecule has 2 aliphatic rings. The van der Waals surface area contributed by atoms with E-state index in [-0.39, 0.29) is 11.9 Å². The van der Waals surface area contributed by atoms with E-state index in [1.807, 2.05) is 18.2 Å². The molecule has 3 rings (SSSR count). The number of rotatable bonds is 3. The number of fused-ring (bicyclic) bond motifs is 1. The van der Waals surface area contributed by atoms with Gasteiger partial charge in [0.15, 0.2) is 6.10 Å². The monoisotopic (exact) mass is 232 g/mol. The Morgan fingerprint density at radius 2 is 1.94 bits per heavy atom. The first-order valence-electron chi connectivity index (χ1n) is 6.01. The van der Waals surface area contributed by atoms with Crippen LogP contribution in [-0.2, 0) is 4.79 Å². The van der Waals surface area contributed by atoms with Crippen molar-refractivity contribution in [1.29, 1.82) is 0 Å². The lowest BCUT2D eigenvalue weighted by Crippen LogP contribution is -2.35. The molecule has 2 fully saturated rings. The number of piperidine rings is 1. The highest BCUT2D eigenvalue weighted by atomic mass is 16.3. The molecule has 0 spiro atoms. The van der Waals surface area contributed by atoms with Crippen LogP contribution in [0.3, 0.4) is 0 Å². The third kappa shape index (κ3) is 1.94. The van der Waals surface area contributed by atoms with Crippen LogP contribution in [0.4, 0.5) is 0 Å². The minimum Gasteiger partial charge on any atom is -0.378 e. The number of carbonyl (C=O) groups excluding carboxylic acids is 1. The summed E-state index contributed by atoms with van der Waals surface area (Å²) in [4.78, 5) is 11.8. The molecule has 1 heterocycles. The van der Waals surface area contributed by atoms with Gasteiger partial charge >= 0.3 is 0 Å². The Kier molecular flexibility index (Phi) is 2.61. The van der Waals surface area contributed by atoms with Crippen LogP contribution in [0.15, 0.2) is 30.3 Å². The van der Waals surface area contributed by atoms with Crippen LogP contribution in [0.25, 0.3) is 0 Å². The zero-order chi connectivity index (χ0) is 11.8. The molecule has 1 saturated carbocycles. The Hall–Kier alpha value is -1.39. The number of hydrogen-bond donors (Lipinski definition) is 3. The summed E-state index contributed by atoms with van der Waals surface area (Å²) in [6, 6.07) is 9.30. The van der Waals surface area contributed by atoms with Crippen molar-refractivity contribution in [2.75, 3.05) is 13.1 Å². The maximum atomic E-state index is 11.8. The van der Waals surface area contributed by atoms with Gasteiger partial charge in [-0.05, 0) is 17.4 Å². The van der Waals surface area contributed by atoms with Crippen LogP contribution in [0.5, 0.6) is 0 Å². The first-order valence-corrected chi connectivity index (χ1v) is 6.01. The highest BCUT2D eigenvalue weighted by molar-refractivity contribution is 5.82. The van der Waals surface area contributed by atoms with Gasteiger partial charge in [-0.25, -0.2) is 0 Å². The molecule has 1 aliphatic heterocycles. The van der Waals surface area contributed by atoms with Crippen molar-refractivity contribution in [3.05, 3.63) is 35.9 Å². The lowest BCUT2D eigenvalue weighted by molar-refractivity contribution is -0.129. The van der Waals surface area contributed by atoms with E-state index in [1.165, 1.54) is 0 Å². The molecule has 1 amide bonds. The topological polar surface area (TPSA) is 61.4 Å². The number of nitrogens with one attached hydrogen (secondary N) is 2. The Labute approximate surface area is 100 Å². The third-order valence-electron chi connectivity index (χ3n) is 3.76. The molecule has 0 bridgehead atoms. The fourth-order valence-corrected chi connectivity index (χ4v) is 2.66. The van der Waals surface area contributed by atoms with Gasteiger partial charge in [0.25, 0.3) is 5.91 Å². The minimum atomic E-state index is -1.05. The van der Waals surface area contributed by atoms with Crippen molar-refractivity contribution in [3.63, 3.8) is 0 Å². The molecule has 1 aromatic carbocycles. The summed E-state index contributed by atoms with van der Waals surface area (Å²) in [7, 11) is 0. The van der Waals surface area contributed by atoms with Crippen LogP contribution < -0.4 is 10.6 Å². The predicted molar refractivity (Wildman–Crippen MR) is 63.2 cm³/mol. The number of amides is 1. The van der Waals surface area contributed by atoms with Gasteiger partial charge in [0.2, 0.25) is 0 Å². The van der Waals surface area contributed by atoms with E-state index < -0.39 is 6.10 Å². The van der Waals surface area contributed by atoms with E-state index in [2.05, 4.69) is 10.6 Å². The zero-order valence-electron chi connectivity index (χ0n) is 9.47. The highest BCUT2D eigenvalue weighted by Crippen LogP contribution is 2.41. The minimum absolute atomic E-state index is 0.266. The van der Waals surface area contributed by atoms with Gasteiger partial charge in [-0.3, -0.25) is 4.79 Å². The van der Waals surface area contributed by atoms with E-state index >= 15 is 0 Å². The molecular formula is C13H16N2O2. The van der Waals surface area contributed by atoms with E-state index in [0.717, 1.165) is 13.1 Å². The standard InChI is InChI=1S/C13H16N2O2/c16-12(8-4-2-1-3-5-8)13(17)15-11-9-6-14-7-10(9)11/h1-5,9-12,14,16H,6-7H2,(H,15,17)/t9-,10+,11?,12?. The maximum absolute atomic E-state index is 11.8. The van der Waals surface area contributed by atoms with Crippen molar-refractivity contribution >= 4 is 5.91 Å². The number of aliphatic hydroxyl groups is 1. The fraction of sp³-hybridized carbons (Fsp3) is 0.462. The summed E-state index contributed by atoms with van der Waals surface area (Å²) < 4.78 is 0. The van der Waals surface area contributed by atoms with Crippen molar-refractivity contribution in [2.24, 2.45) is 11.8 Å². The summed E-state index contributed by atoms with van der Waals surface area (Å²) in [5.74, 6) is 0.861. The molecule has 4 heteroatoms. The van der Waals surface area contributed by atoms with Gasteiger partial charge < -0.3 is 15.7 Å². The molecule has 4 nitrogen and oxygen atoms in total. The molecule has 1 aliphatic carbocycles. The van der Waals surface area contributed by atoms with Gasteiger partial charge in [-0.1, -0.05) is 30.3 Å². The van der Waals surface area contributed by atoms with E-state index in [1.54, 1.807) is 12.1 Å². The van der Waals surface area contributed by atoms with Crippen molar-refractivity contribution < 1.29 is 9.90 Å². The number of hydrogen-bond acceptors (Lipinski definition) is 3. The van der Waals surface area contributed by atoms with Crippen LogP contribution in [0.1, 0.15) is 11.7 Å². The number of carbonyl (C=O) groups is 1. The lowest BCUT2D eigenvalue weighted by atomic mass is 10.1. The highest BCUT2D eigenvalue weighted by Gasteiger charge is 2.53. The first kappa shape index (κ1) is 10.7. The van der Waals surface area contributed by atoms with E-state index in [4.69, 9.17) is 0 Å². The Morgan fingerprint density at radius 1 is 1.29 bits per heavy atom. The third-order valence-corrected chi connectivity index (χ3v) is 3.76. The SMILES string of the molecule is O=C(NC1[C@H]2CNC[C@@H]12)C(O)c1ccccc1. The fourth-order valence-electron chi connectivity index (χ4n) is 2.66. The molecule has 2 unspecified atom stereocenters. The summed E-state index contributed by atoms with van der Waals surface area (Å²) in [5.41, 5.74) is 0.647. The lowest BCUT2D eigenvalue weighted by Gasteiger charge is -2.13. The molecule has 17 heavy (non-hydrogen) atoms. The van der Waals surface area contributed by atoms with Gasteiger partial charge in [-0.2, -0.15) is 0 Å². The van der Waals surface area contributed by atoms with E-state index in [0.29, 0.717) is 17.4 Å². The Bertz CT molecular complexity index is 411. The average Bonchev–Trinajstić information content (AvgIpc) is 2.80. The Morgan fingerprint density at radius 3 is 2.59 bits per heavy atom. The average molecular weight is 232 g/mol. The molecular weight excluding hydrogens is 216 g/mol. The smallest absolute Gasteiger partial charge is 0.253 e. The van der Waals surface area contributed by atoms with Gasteiger partial charge in [-0.15, -0.1) is 0 Å². The molecule has 90 valence electrons. The maximum Gasteiger partial charge on any atom is 0.253 e.